The minimum Gasteiger partial charge on any atom is -0.393 e. The Morgan fingerprint density at radius 2 is 1.82 bits per heavy atom. The number of nitrogens with zero attached hydrogens (tertiary/aromatic N) is 4. The van der Waals surface area contributed by atoms with Crippen LogP contribution in [0.4, 0.5) is 0 Å². The zero-order valence-corrected chi connectivity index (χ0v) is 12.2. The summed E-state index contributed by atoms with van der Waals surface area (Å²) in [5.41, 5.74) is 2.20. The van der Waals surface area contributed by atoms with Gasteiger partial charge in [0, 0.05) is 49.0 Å². The van der Waals surface area contributed by atoms with Crippen LogP contribution < -0.4 is 0 Å². The van der Waals surface area contributed by atoms with Crippen molar-refractivity contribution in [2.75, 3.05) is 13.1 Å². The number of aliphatic hydroxyl groups excluding tert-OH is 1. The molecule has 0 saturated carbocycles. The lowest BCUT2D eigenvalue weighted by molar-refractivity contribution is 0.0752. The summed E-state index contributed by atoms with van der Waals surface area (Å²) in [5.74, 6) is -0.0414. The van der Waals surface area contributed by atoms with Crippen molar-refractivity contribution in [3.63, 3.8) is 0 Å². The van der Waals surface area contributed by atoms with Gasteiger partial charge in [0.15, 0.2) is 0 Å². The molecule has 0 aliphatic carbocycles. The van der Waals surface area contributed by atoms with Gasteiger partial charge in [-0.25, -0.2) is 9.97 Å². The number of carbonyl (C=O) groups is 1. The van der Waals surface area contributed by atoms with Gasteiger partial charge in [0.1, 0.15) is 6.33 Å². The van der Waals surface area contributed by atoms with Crippen molar-refractivity contribution in [2.24, 2.45) is 0 Å². The number of amides is 1. The molecule has 0 spiro atoms. The molecule has 114 valence electrons. The molecule has 2 aromatic heterocycles. The van der Waals surface area contributed by atoms with Crippen LogP contribution in [0.5, 0.6) is 0 Å². The highest BCUT2D eigenvalue weighted by molar-refractivity contribution is 5.95. The summed E-state index contributed by atoms with van der Waals surface area (Å²) in [4.78, 5) is 26.5. The Balaban J connectivity index is 1.81. The van der Waals surface area contributed by atoms with Gasteiger partial charge in [-0.05, 0) is 25.3 Å². The van der Waals surface area contributed by atoms with Crippen LogP contribution in [0.15, 0.2) is 37.2 Å². The number of hydrogen-bond acceptors (Lipinski definition) is 5. The van der Waals surface area contributed by atoms with E-state index in [1.807, 2.05) is 6.07 Å². The van der Waals surface area contributed by atoms with Crippen LogP contribution in [0.2, 0.25) is 0 Å². The van der Waals surface area contributed by atoms with E-state index in [9.17, 15) is 9.90 Å². The first-order valence-electron chi connectivity index (χ1n) is 7.42. The summed E-state index contributed by atoms with van der Waals surface area (Å²) >= 11 is 0. The van der Waals surface area contributed by atoms with E-state index in [1.165, 1.54) is 6.33 Å². The molecular formula is C16H18N4O2. The highest BCUT2D eigenvalue weighted by Crippen LogP contribution is 2.19. The van der Waals surface area contributed by atoms with Crippen molar-refractivity contribution >= 4 is 5.91 Å². The Hall–Kier alpha value is -2.34. The molecule has 0 radical (unpaired) electrons. The number of aliphatic hydroxyl groups is 1. The molecule has 0 unspecified atom stereocenters. The maximum Gasteiger partial charge on any atom is 0.255 e. The van der Waals surface area contributed by atoms with Gasteiger partial charge in [-0.3, -0.25) is 9.78 Å². The van der Waals surface area contributed by atoms with Gasteiger partial charge < -0.3 is 10.0 Å². The molecule has 1 amide bonds. The summed E-state index contributed by atoms with van der Waals surface area (Å²) in [6.07, 6.45) is 10.0. The lowest BCUT2D eigenvalue weighted by Crippen LogP contribution is -2.32. The van der Waals surface area contributed by atoms with E-state index in [1.54, 1.807) is 29.7 Å². The minimum atomic E-state index is -0.302. The number of carbonyl (C=O) groups excluding carboxylic acids is 1. The average molecular weight is 298 g/mol. The van der Waals surface area contributed by atoms with Gasteiger partial charge >= 0.3 is 0 Å². The van der Waals surface area contributed by atoms with Gasteiger partial charge in [-0.2, -0.15) is 0 Å². The zero-order chi connectivity index (χ0) is 15.4. The molecule has 1 N–H and O–H groups in total. The fraction of sp³-hybridized carbons (Fsp3) is 0.375. The van der Waals surface area contributed by atoms with E-state index in [0.717, 1.165) is 24.0 Å². The summed E-state index contributed by atoms with van der Waals surface area (Å²) in [7, 11) is 0. The highest BCUT2D eigenvalue weighted by atomic mass is 16.3. The van der Waals surface area contributed by atoms with Gasteiger partial charge in [-0.1, -0.05) is 0 Å². The third kappa shape index (κ3) is 3.28. The molecule has 22 heavy (non-hydrogen) atoms. The second-order valence-electron chi connectivity index (χ2n) is 5.47. The molecule has 1 atom stereocenters. The lowest BCUT2D eigenvalue weighted by atomic mass is 10.1. The van der Waals surface area contributed by atoms with E-state index < -0.39 is 0 Å². The Morgan fingerprint density at radius 3 is 2.64 bits per heavy atom. The number of hydrogen-bond donors (Lipinski definition) is 1. The second kappa shape index (κ2) is 6.62. The van der Waals surface area contributed by atoms with Crippen molar-refractivity contribution in [3.8, 4) is 11.1 Å². The van der Waals surface area contributed by atoms with Crippen LogP contribution in [0.3, 0.4) is 0 Å². The van der Waals surface area contributed by atoms with E-state index in [0.29, 0.717) is 25.1 Å². The molecule has 0 bridgehead atoms. The highest BCUT2D eigenvalue weighted by Gasteiger charge is 2.21. The Morgan fingerprint density at radius 1 is 1.05 bits per heavy atom. The summed E-state index contributed by atoms with van der Waals surface area (Å²) < 4.78 is 0. The number of rotatable bonds is 2. The van der Waals surface area contributed by atoms with Crippen LogP contribution in [0.1, 0.15) is 29.6 Å². The topological polar surface area (TPSA) is 79.2 Å². The van der Waals surface area contributed by atoms with Crippen molar-refractivity contribution < 1.29 is 9.90 Å². The Labute approximate surface area is 128 Å². The molecule has 1 aliphatic rings. The maximum atomic E-state index is 12.6. The van der Waals surface area contributed by atoms with Crippen molar-refractivity contribution in [1.82, 2.24) is 19.9 Å². The fourth-order valence-corrected chi connectivity index (χ4v) is 2.63. The van der Waals surface area contributed by atoms with E-state index in [2.05, 4.69) is 15.0 Å². The van der Waals surface area contributed by atoms with Crippen LogP contribution >= 0.6 is 0 Å². The predicted molar refractivity (Wildman–Crippen MR) is 81.0 cm³/mol. The third-order valence-electron chi connectivity index (χ3n) is 3.86. The SMILES string of the molecule is O=C(c1cncc(-c2cncnc2)c1)N1CCC[C@@H](O)CC1. The smallest absolute Gasteiger partial charge is 0.255 e. The Bertz CT molecular complexity index is 648. The first-order chi connectivity index (χ1) is 10.7. The maximum absolute atomic E-state index is 12.6. The quantitative estimate of drug-likeness (QED) is 0.909. The second-order valence-corrected chi connectivity index (χ2v) is 5.47. The first-order valence-corrected chi connectivity index (χ1v) is 7.42. The van der Waals surface area contributed by atoms with Gasteiger partial charge in [-0.15, -0.1) is 0 Å². The monoisotopic (exact) mass is 298 g/mol. The molecule has 0 aromatic carbocycles. The van der Waals surface area contributed by atoms with Gasteiger partial charge in [0.25, 0.3) is 5.91 Å². The largest absolute Gasteiger partial charge is 0.393 e. The number of pyridine rings is 1. The standard InChI is InChI=1S/C16H18N4O2/c21-15-2-1-4-20(5-3-15)16(22)13-6-12(7-17-8-13)14-9-18-11-19-10-14/h6-11,15,21H,1-5H2/t15-/m1/s1. The summed E-state index contributed by atoms with van der Waals surface area (Å²) in [6, 6.07) is 1.81. The van der Waals surface area contributed by atoms with Crippen molar-refractivity contribution in [1.29, 1.82) is 0 Å². The molecule has 2 aromatic rings. The normalized spacial score (nSPS) is 18.8. The number of likely N-dealkylation sites (tertiary alicyclic amines) is 1. The molecule has 1 fully saturated rings. The molecule has 6 heteroatoms. The average Bonchev–Trinajstić information content (AvgIpc) is 2.80. The van der Waals surface area contributed by atoms with Gasteiger partial charge in [0.2, 0.25) is 0 Å². The van der Waals surface area contributed by atoms with Crippen molar-refractivity contribution in [2.45, 2.75) is 25.4 Å². The molecule has 3 heterocycles. The molecular weight excluding hydrogens is 280 g/mol. The van der Waals surface area contributed by atoms with Crippen LogP contribution in [-0.2, 0) is 0 Å². The third-order valence-corrected chi connectivity index (χ3v) is 3.86. The number of aromatic nitrogens is 3. The summed E-state index contributed by atoms with van der Waals surface area (Å²) in [5, 5.41) is 9.69. The minimum absolute atomic E-state index is 0.0414. The van der Waals surface area contributed by atoms with E-state index in [4.69, 9.17) is 0 Å². The predicted octanol–water partition coefficient (Wildman–Crippen LogP) is 1.53. The Kier molecular flexibility index (Phi) is 4.39. The molecule has 3 rings (SSSR count). The molecule has 1 saturated heterocycles. The first kappa shape index (κ1) is 14.6. The molecule has 1 aliphatic heterocycles. The van der Waals surface area contributed by atoms with Crippen LogP contribution in [0.25, 0.3) is 11.1 Å². The van der Waals surface area contributed by atoms with Crippen LogP contribution in [-0.4, -0.2) is 50.1 Å². The van der Waals surface area contributed by atoms with E-state index >= 15 is 0 Å². The lowest BCUT2D eigenvalue weighted by Gasteiger charge is -2.20. The molecule has 6 nitrogen and oxygen atoms in total. The van der Waals surface area contributed by atoms with Crippen LogP contribution in [0, 0.1) is 0 Å². The summed E-state index contributed by atoms with van der Waals surface area (Å²) in [6.45, 7) is 1.26. The van der Waals surface area contributed by atoms with Gasteiger partial charge in [0.05, 0.1) is 11.7 Å². The zero-order valence-electron chi connectivity index (χ0n) is 12.2. The van der Waals surface area contributed by atoms with Crippen molar-refractivity contribution in [3.05, 3.63) is 42.7 Å². The van der Waals surface area contributed by atoms with E-state index in [-0.39, 0.29) is 12.0 Å². The fourth-order valence-electron chi connectivity index (χ4n) is 2.63.